The second-order valence-electron chi connectivity index (χ2n) is 4.44. The van der Waals surface area contributed by atoms with Gasteiger partial charge < -0.3 is 5.32 Å². The summed E-state index contributed by atoms with van der Waals surface area (Å²) in [5.41, 5.74) is 4.70. The number of halogens is 1. The third kappa shape index (κ3) is 5.77. The molecule has 0 fully saturated rings. The van der Waals surface area contributed by atoms with Crippen LogP contribution in [-0.4, -0.2) is 24.3 Å². The molecule has 0 radical (unpaired) electrons. The molecule has 0 aromatic carbocycles. The first-order valence-electron chi connectivity index (χ1n) is 6.72. The van der Waals surface area contributed by atoms with Crippen molar-refractivity contribution in [1.29, 1.82) is 0 Å². The van der Waals surface area contributed by atoms with Crippen LogP contribution in [0.3, 0.4) is 0 Å². The SMILES string of the molecule is O=C(CCCNC(=O)c1cccs1)NNC(=O)c1ccc(Br)s1. The van der Waals surface area contributed by atoms with Crippen molar-refractivity contribution in [1.82, 2.24) is 16.2 Å². The van der Waals surface area contributed by atoms with E-state index in [1.54, 1.807) is 18.2 Å². The molecule has 2 rings (SSSR count). The second kappa shape index (κ2) is 8.80. The highest BCUT2D eigenvalue weighted by Crippen LogP contribution is 2.21. The van der Waals surface area contributed by atoms with E-state index < -0.39 is 0 Å². The standard InChI is InChI=1S/C14H14BrN3O3S2/c15-11-6-5-10(23-11)14(21)18-17-12(19)4-1-7-16-13(20)9-3-2-8-22-9/h2-3,5-6,8H,1,4,7H2,(H,16,20)(H,17,19)(H,18,21). The van der Waals surface area contributed by atoms with Gasteiger partial charge in [0.25, 0.3) is 11.8 Å². The fourth-order valence-electron chi connectivity index (χ4n) is 1.63. The fourth-order valence-corrected chi connectivity index (χ4v) is 3.55. The van der Waals surface area contributed by atoms with Crippen LogP contribution in [0.1, 0.15) is 32.2 Å². The number of amides is 3. The van der Waals surface area contributed by atoms with Crippen molar-refractivity contribution in [3.8, 4) is 0 Å². The van der Waals surface area contributed by atoms with E-state index >= 15 is 0 Å². The van der Waals surface area contributed by atoms with Gasteiger partial charge in [0.2, 0.25) is 5.91 Å². The van der Waals surface area contributed by atoms with E-state index in [0.29, 0.717) is 22.7 Å². The van der Waals surface area contributed by atoms with E-state index in [0.717, 1.165) is 3.79 Å². The van der Waals surface area contributed by atoms with E-state index in [9.17, 15) is 14.4 Å². The smallest absolute Gasteiger partial charge is 0.279 e. The first kappa shape index (κ1) is 17.6. The third-order valence-electron chi connectivity index (χ3n) is 2.72. The molecule has 2 aromatic heterocycles. The molecule has 2 heterocycles. The minimum atomic E-state index is -0.361. The summed E-state index contributed by atoms with van der Waals surface area (Å²) in [6, 6.07) is 6.97. The molecule has 3 N–H and O–H groups in total. The Hall–Kier alpha value is -1.71. The fraction of sp³-hybridized carbons (Fsp3) is 0.214. The van der Waals surface area contributed by atoms with Gasteiger partial charge in [-0.1, -0.05) is 6.07 Å². The van der Waals surface area contributed by atoms with Gasteiger partial charge in [-0.15, -0.1) is 22.7 Å². The van der Waals surface area contributed by atoms with Crippen molar-refractivity contribution in [3.05, 3.63) is 43.2 Å². The van der Waals surface area contributed by atoms with E-state index in [1.165, 1.54) is 22.7 Å². The molecular formula is C14H14BrN3O3S2. The number of thiophene rings is 2. The van der Waals surface area contributed by atoms with Crippen LogP contribution in [-0.2, 0) is 4.79 Å². The topological polar surface area (TPSA) is 87.3 Å². The Morgan fingerprint density at radius 1 is 1.04 bits per heavy atom. The lowest BCUT2D eigenvalue weighted by molar-refractivity contribution is -0.121. The molecule has 0 aliphatic rings. The summed E-state index contributed by atoms with van der Waals surface area (Å²) in [4.78, 5) is 36.1. The quantitative estimate of drug-likeness (QED) is 0.500. The lowest BCUT2D eigenvalue weighted by atomic mass is 10.3. The number of rotatable bonds is 6. The zero-order valence-electron chi connectivity index (χ0n) is 11.9. The Labute approximate surface area is 149 Å². The van der Waals surface area contributed by atoms with Crippen molar-refractivity contribution >= 4 is 56.3 Å². The highest BCUT2D eigenvalue weighted by atomic mass is 79.9. The monoisotopic (exact) mass is 415 g/mol. The predicted octanol–water partition coefficient (Wildman–Crippen LogP) is 2.54. The van der Waals surface area contributed by atoms with Crippen LogP contribution < -0.4 is 16.2 Å². The number of hydrazine groups is 1. The Morgan fingerprint density at radius 2 is 1.87 bits per heavy atom. The van der Waals surface area contributed by atoms with Gasteiger partial charge in [-0.25, -0.2) is 0 Å². The molecule has 9 heteroatoms. The van der Waals surface area contributed by atoms with Crippen molar-refractivity contribution in [2.45, 2.75) is 12.8 Å². The number of hydrogen-bond acceptors (Lipinski definition) is 5. The first-order chi connectivity index (χ1) is 11.1. The van der Waals surface area contributed by atoms with Crippen LogP contribution in [0.4, 0.5) is 0 Å². The minimum absolute atomic E-state index is 0.142. The predicted molar refractivity (Wildman–Crippen MR) is 93.5 cm³/mol. The van der Waals surface area contributed by atoms with E-state index in [2.05, 4.69) is 32.1 Å². The van der Waals surface area contributed by atoms with Crippen LogP contribution >= 0.6 is 38.6 Å². The maximum Gasteiger partial charge on any atom is 0.279 e. The summed E-state index contributed by atoms with van der Waals surface area (Å²) in [5.74, 6) is -0.809. The summed E-state index contributed by atoms with van der Waals surface area (Å²) in [6.45, 7) is 0.399. The number of carbonyl (C=O) groups is 3. The van der Waals surface area contributed by atoms with E-state index in [-0.39, 0.29) is 24.1 Å². The molecule has 23 heavy (non-hydrogen) atoms. The van der Waals surface area contributed by atoms with Gasteiger partial charge in [0.05, 0.1) is 13.5 Å². The zero-order chi connectivity index (χ0) is 16.7. The van der Waals surface area contributed by atoms with Crippen LogP contribution in [0, 0.1) is 0 Å². The molecule has 2 aromatic rings. The molecule has 0 atom stereocenters. The van der Waals surface area contributed by atoms with Crippen LogP contribution in [0.5, 0.6) is 0 Å². The van der Waals surface area contributed by atoms with Crippen LogP contribution in [0.25, 0.3) is 0 Å². The first-order valence-corrected chi connectivity index (χ1v) is 9.21. The molecule has 0 saturated carbocycles. The van der Waals surface area contributed by atoms with Gasteiger partial charge >= 0.3 is 0 Å². The van der Waals surface area contributed by atoms with Gasteiger partial charge in [0.1, 0.15) is 0 Å². The van der Waals surface area contributed by atoms with Crippen molar-refractivity contribution in [2.75, 3.05) is 6.54 Å². The van der Waals surface area contributed by atoms with Crippen molar-refractivity contribution in [3.63, 3.8) is 0 Å². The molecule has 0 saturated heterocycles. The molecular weight excluding hydrogens is 402 g/mol. The summed E-state index contributed by atoms with van der Waals surface area (Å²) in [7, 11) is 0. The largest absolute Gasteiger partial charge is 0.351 e. The molecule has 6 nitrogen and oxygen atoms in total. The highest BCUT2D eigenvalue weighted by Gasteiger charge is 2.10. The second-order valence-corrected chi connectivity index (χ2v) is 7.85. The normalized spacial score (nSPS) is 10.1. The Kier molecular flexibility index (Phi) is 6.75. The molecule has 122 valence electrons. The average molecular weight is 416 g/mol. The van der Waals surface area contributed by atoms with Crippen molar-refractivity contribution in [2.24, 2.45) is 0 Å². The van der Waals surface area contributed by atoms with Gasteiger partial charge in [0.15, 0.2) is 0 Å². The summed E-state index contributed by atoms with van der Waals surface area (Å²) in [6.07, 6.45) is 0.697. The number of nitrogens with one attached hydrogen (secondary N) is 3. The molecule has 0 aliphatic heterocycles. The number of carbonyl (C=O) groups excluding carboxylic acids is 3. The van der Waals surface area contributed by atoms with Gasteiger partial charge in [-0.2, -0.15) is 0 Å². The molecule has 0 unspecified atom stereocenters. The van der Waals surface area contributed by atoms with Crippen molar-refractivity contribution < 1.29 is 14.4 Å². The molecule has 3 amide bonds. The van der Waals surface area contributed by atoms with E-state index in [1.807, 2.05) is 11.4 Å². The third-order valence-corrected chi connectivity index (χ3v) is 5.21. The lowest BCUT2D eigenvalue weighted by Gasteiger charge is -2.06. The molecule has 0 bridgehead atoms. The summed E-state index contributed by atoms with van der Waals surface area (Å²) in [5, 5.41) is 4.57. The Morgan fingerprint density at radius 3 is 2.52 bits per heavy atom. The zero-order valence-corrected chi connectivity index (χ0v) is 15.1. The van der Waals surface area contributed by atoms with Gasteiger partial charge in [0, 0.05) is 13.0 Å². The van der Waals surface area contributed by atoms with E-state index in [4.69, 9.17) is 0 Å². The lowest BCUT2D eigenvalue weighted by Crippen LogP contribution is -2.41. The summed E-state index contributed by atoms with van der Waals surface area (Å²) >= 11 is 5.91. The molecule has 0 aliphatic carbocycles. The van der Waals surface area contributed by atoms with Crippen LogP contribution in [0.15, 0.2) is 33.4 Å². The van der Waals surface area contributed by atoms with Gasteiger partial charge in [-0.3, -0.25) is 25.2 Å². The maximum atomic E-state index is 11.7. The highest BCUT2D eigenvalue weighted by molar-refractivity contribution is 9.11. The Balaban J connectivity index is 1.60. The van der Waals surface area contributed by atoms with Crippen LogP contribution in [0.2, 0.25) is 0 Å². The minimum Gasteiger partial charge on any atom is -0.351 e. The number of hydrogen-bond donors (Lipinski definition) is 3. The van der Waals surface area contributed by atoms with Gasteiger partial charge in [-0.05, 0) is 45.9 Å². The maximum absolute atomic E-state index is 11.7. The average Bonchev–Trinajstić information content (AvgIpc) is 3.20. The molecule has 0 spiro atoms. The summed E-state index contributed by atoms with van der Waals surface area (Å²) < 4.78 is 0.843. The Bertz CT molecular complexity index is 685.